The first-order chi connectivity index (χ1) is 4.91. The lowest BCUT2D eigenvalue weighted by Crippen LogP contribution is -2.23. The number of hydrogen-bond acceptors (Lipinski definition) is 1. The van der Waals surface area contributed by atoms with Gasteiger partial charge in [-0.25, -0.2) is 0 Å². The fourth-order valence-electron chi connectivity index (χ4n) is 3.21. The molecule has 1 nitrogen and oxygen atoms in total. The minimum absolute atomic E-state index is 0.883. The van der Waals surface area contributed by atoms with E-state index in [0.29, 0.717) is 0 Å². The largest absolute Gasteiger partial charge is 0.314 e. The van der Waals surface area contributed by atoms with Crippen molar-refractivity contribution in [3.8, 4) is 0 Å². The second-order valence-electron chi connectivity index (χ2n) is 4.36. The maximum Gasteiger partial charge on any atom is 0.0101 e. The third kappa shape index (κ3) is 0.531. The van der Waals surface area contributed by atoms with E-state index in [0.717, 1.165) is 17.4 Å². The number of rotatable bonds is 0. The van der Waals surface area contributed by atoms with E-state index in [-0.39, 0.29) is 0 Å². The van der Waals surface area contributed by atoms with Crippen molar-refractivity contribution in [1.82, 2.24) is 5.32 Å². The van der Waals surface area contributed by atoms with Gasteiger partial charge in [-0.05, 0) is 50.0 Å². The highest BCUT2D eigenvalue weighted by Crippen LogP contribution is 2.63. The second-order valence-corrected chi connectivity index (χ2v) is 4.36. The Hall–Kier alpha value is -0.0400. The Kier molecular flexibility index (Phi) is 0.883. The summed E-state index contributed by atoms with van der Waals surface area (Å²) in [4.78, 5) is 0. The maximum absolute atomic E-state index is 3.61. The summed E-state index contributed by atoms with van der Waals surface area (Å²) < 4.78 is 0. The van der Waals surface area contributed by atoms with Crippen molar-refractivity contribution in [2.45, 2.75) is 38.1 Å². The molecular formula is C9H15N. The first kappa shape index (κ1) is 5.59. The molecule has 3 rings (SSSR count). The zero-order chi connectivity index (χ0) is 6.60. The molecule has 0 aromatic heterocycles. The lowest BCUT2D eigenvalue weighted by molar-refractivity contribution is 0.362. The fourth-order valence-corrected chi connectivity index (χ4v) is 3.21. The molecule has 1 heterocycles. The fraction of sp³-hybridized carbons (Fsp3) is 1.00. The first-order valence-electron chi connectivity index (χ1n) is 4.64. The lowest BCUT2D eigenvalue weighted by Gasteiger charge is -2.15. The van der Waals surface area contributed by atoms with Gasteiger partial charge in [0.1, 0.15) is 0 Å². The van der Waals surface area contributed by atoms with E-state index in [2.05, 4.69) is 5.32 Å². The molecule has 0 bridgehead atoms. The van der Waals surface area contributed by atoms with Crippen LogP contribution in [0.3, 0.4) is 0 Å². The van der Waals surface area contributed by atoms with Crippen molar-refractivity contribution in [2.24, 2.45) is 11.3 Å². The molecule has 2 saturated carbocycles. The SMILES string of the molecule is C1CC2C(CCC23CC3)N1. The van der Waals surface area contributed by atoms with Crippen molar-refractivity contribution in [2.75, 3.05) is 6.54 Å². The van der Waals surface area contributed by atoms with E-state index in [1.165, 1.54) is 25.8 Å². The second kappa shape index (κ2) is 1.58. The zero-order valence-electron chi connectivity index (χ0n) is 6.40. The summed E-state index contributed by atoms with van der Waals surface area (Å²) in [5.74, 6) is 1.09. The highest BCUT2D eigenvalue weighted by atomic mass is 15.0. The Labute approximate surface area is 62.2 Å². The molecular weight excluding hydrogens is 122 g/mol. The molecule has 1 aliphatic heterocycles. The molecule has 56 valence electrons. The Morgan fingerprint density at radius 2 is 2.00 bits per heavy atom. The molecule has 0 aromatic carbocycles. The Morgan fingerprint density at radius 3 is 2.80 bits per heavy atom. The van der Waals surface area contributed by atoms with Gasteiger partial charge < -0.3 is 5.32 Å². The topological polar surface area (TPSA) is 12.0 Å². The van der Waals surface area contributed by atoms with Gasteiger partial charge in [0.05, 0.1) is 0 Å². The van der Waals surface area contributed by atoms with Crippen LogP contribution >= 0.6 is 0 Å². The predicted octanol–water partition coefficient (Wildman–Crippen LogP) is 1.54. The van der Waals surface area contributed by atoms with Crippen molar-refractivity contribution in [3.63, 3.8) is 0 Å². The van der Waals surface area contributed by atoms with Gasteiger partial charge in [-0.15, -0.1) is 0 Å². The van der Waals surface area contributed by atoms with E-state index >= 15 is 0 Å². The third-order valence-electron chi connectivity index (χ3n) is 3.98. The van der Waals surface area contributed by atoms with Gasteiger partial charge in [0.15, 0.2) is 0 Å². The number of fused-ring (bicyclic) bond motifs is 2. The van der Waals surface area contributed by atoms with E-state index in [1.54, 1.807) is 12.8 Å². The average Bonchev–Trinajstić information content (AvgIpc) is 2.40. The van der Waals surface area contributed by atoms with Crippen molar-refractivity contribution in [1.29, 1.82) is 0 Å². The lowest BCUT2D eigenvalue weighted by atomic mass is 9.90. The Balaban J connectivity index is 1.90. The van der Waals surface area contributed by atoms with Gasteiger partial charge in [0.2, 0.25) is 0 Å². The molecule has 1 N–H and O–H groups in total. The molecule has 3 aliphatic rings. The molecule has 0 radical (unpaired) electrons. The quantitative estimate of drug-likeness (QED) is 0.534. The monoisotopic (exact) mass is 137 g/mol. The van der Waals surface area contributed by atoms with E-state index in [9.17, 15) is 0 Å². The molecule has 1 heteroatoms. The van der Waals surface area contributed by atoms with E-state index in [1.807, 2.05) is 0 Å². The van der Waals surface area contributed by atoms with Crippen LogP contribution in [0.5, 0.6) is 0 Å². The predicted molar refractivity (Wildman–Crippen MR) is 40.8 cm³/mol. The third-order valence-corrected chi connectivity index (χ3v) is 3.98. The van der Waals surface area contributed by atoms with Crippen molar-refractivity contribution >= 4 is 0 Å². The van der Waals surface area contributed by atoms with Crippen LogP contribution < -0.4 is 5.32 Å². The molecule has 1 saturated heterocycles. The molecule has 2 aliphatic carbocycles. The van der Waals surface area contributed by atoms with E-state index < -0.39 is 0 Å². The van der Waals surface area contributed by atoms with Crippen LogP contribution in [-0.2, 0) is 0 Å². The summed E-state index contributed by atoms with van der Waals surface area (Å²) in [5.41, 5.74) is 0.883. The molecule has 2 atom stereocenters. The summed E-state index contributed by atoms with van der Waals surface area (Å²) >= 11 is 0. The van der Waals surface area contributed by atoms with Crippen molar-refractivity contribution < 1.29 is 0 Å². The molecule has 0 amide bonds. The molecule has 1 spiro atoms. The van der Waals surface area contributed by atoms with Crippen LogP contribution in [0.4, 0.5) is 0 Å². The smallest absolute Gasteiger partial charge is 0.0101 e. The van der Waals surface area contributed by atoms with Gasteiger partial charge in [-0.1, -0.05) is 0 Å². The number of hydrogen-bond donors (Lipinski definition) is 1. The molecule has 3 fully saturated rings. The summed E-state index contributed by atoms with van der Waals surface area (Å²) in [6.07, 6.45) is 7.59. The zero-order valence-corrected chi connectivity index (χ0v) is 6.40. The first-order valence-corrected chi connectivity index (χ1v) is 4.64. The van der Waals surface area contributed by atoms with Gasteiger partial charge in [-0.2, -0.15) is 0 Å². The molecule has 10 heavy (non-hydrogen) atoms. The van der Waals surface area contributed by atoms with E-state index in [4.69, 9.17) is 0 Å². The highest BCUT2D eigenvalue weighted by Gasteiger charge is 2.56. The van der Waals surface area contributed by atoms with Crippen LogP contribution in [0.25, 0.3) is 0 Å². The standard InChI is InChI=1S/C9H15N/c1-3-9(4-5-9)7-2-6-10-8(1)7/h7-8,10H,1-6H2. The Morgan fingerprint density at radius 1 is 1.10 bits per heavy atom. The van der Waals surface area contributed by atoms with Crippen LogP contribution in [-0.4, -0.2) is 12.6 Å². The van der Waals surface area contributed by atoms with Gasteiger partial charge in [0.25, 0.3) is 0 Å². The highest BCUT2D eigenvalue weighted by molar-refractivity contribution is 5.09. The normalized spacial score (nSPS) is 48.0. The van der Waals surface area contributed by atoms with Crippen molar-refractivity contribution in [3.05, 3.63) is 0 Å². The summed E-state index contributed by atoms with van der Waals surface area (Å²) in [7, 11) is 0. The number of nitrogens with one attached hydrogen (secondary N) is 1. The van der Waals surface area contributed by atoms with Crippen LogP contribution in [0.2, 0.25) is 0 Å². The van der Waals surface area contributed by atoms with Gasteiger partial charge in [-0.3, -0.25) is 0 Å². The minimum atomic E-state index is 0.883. The summed E-state index contributed by atoms with van der Waals surface area (Å²) in [6.45, 7) is 1.30. The van der Waals surface area contributed by atoms with Crippen LogP contribution in [0, 0.1) is 11.3 Å². The average molecular weight is 137 g/mol. The van der Waals surface area contributed by atoms with Crippen LogP contribution in [0.15, 0.2) is 0 Å². The summed E-state index contributed by atoms with van der Waals surface area (Å²) in [6, 6.07) is 0.933. The van der Waals surface area contributed by atoms with Gasteiger partial charge >= 0.3 is 0 Å². The van der Waals surface area contributed by atoms with Gasteiger partial charge in [0, 0.05) is 6.04 Å². The molecule has 2 unspecified atom stereocenters. The minimum Gasteiger partial charge on any atom is -0.314 e. The Bertz CT molecular complexity index is 160. The maximum atomic E-state index is 3.61. The van der Waals surface area contributed by atoms with Crippen LogP contribution in [0.1, 0.15) is 32.1 Å². The molecule has 0 aromatic rings. The summed E-state index contributed by atoms with van der Waals surface area (Å²) in [5, 5.41) is 3.61.